The Morgan fingerprint density at radius 3 is 2.38 bits per heavy atom. The van der Waals surface area contributed by atoms with Crippen molar-refractivity contribution >= 4 is 23.2 Å². The monoisotopic (exact) mass is 518 g/mol. The maximum Gasteiger partial charge on any atom is 0.254 e. The van der Waals surface area contributed by atoms with E-state index in [-0.39, 0.29) is 30.3 Å². The predicted molar refractivity (Wildman–Crippen MR) is 150 cm³/mol. The number of hydrogen-bond acceptors (Lipinski definition) is 4. The van der Waals surface area contributed by atoms with Crippen LogP contribution in [0.2, 0.25) is 0 Å². The van der Waals surface area contributed by atoms with Crippen LogP contribution in [-0.2, 0) is 11.2 Å². The third kappa shape index (κ3) is 6.61. The number of amides is 2. The van der Waals surface area contributed by atoms with Gasteiger partial charge in [-0.2, -0.15) is 0 Å². The first-order valence-electron chi connectivity index (χ1n) is 13.2. The summed E-state index contributed by atoms with van der Waals surface area (Å²) in [6.45, 7) is 12.1. The van der Waals surface area contributed by atoms with Crippen LogP contribution in [0.25, 0.3) is 0 Å². The molecule has 2 heterocycles. The molecular formula is C31H38N2O3S. The molecule has 2 amide bonds. The molecule has 6 heteroatoms. The summed E-state index contributed by atoms with van der Waals surface area (Å²) in [7, 11) is 0. The first-order chi connectivity index (χ1) is 17.7. The molecule has 0 spiro atoms. The summed E-state index contributed by atoms with van der Waals surface area (Å²) in [6, 6.07) is 17.7. The van der Waals surface area contributed by atoms with Gasteiger partial charge in [-0.05, 0) is 72.0 Å². The van der Waals surface area contributed by atoms with Gasteiger partial charge in [-0.15, -0.1) is 11.3 Å². The second kappa shape index (κ2) is 12.0. The summed E-state index contributed by atoms with van der Waals surface area (Å²) in [6.07, 6.45) is 0.828. The van der Waals surface area contributed by atoms with E-state index in [1.54, 1.807) is 16.2 Å². The first kappa shape index (κ1) is 26.9. The number of hydrogen-bond donors (Lipinski definition) is 0. The molecule has 1 aromatic heterocycles. The van der Waals surface area contributed by atoms with Gasteiger partial charge >= 0.3 is 0 Å². The van der Waals surface area contributed by atoms with E-state index in [2.05, 4.69) is 51.3 Å². The number of nitrogens with zero attached hydrogens (tertiary/aromatic N) is 2. The van der Waals surface area contributed by atoms with Gasteiger partial charge in [-0.25, -0.2) is 0 Å². The number of carbonyl (C=O) groups is 2. The van der Waals surface area contributed by atoms with E-state index in [0.29, 0.717) is 31.2 Å². The van der Waals surface area contributed by atoms with E-state index >= 15 is 0 Å². The lowest BCUT2D eigenvalue weighted by atomic mass is 10.00. The minimum Gasteiger partial charge on any atom is -0.491 e. The van der Waals surface area contributed by atoms with E-state index in [4.69, 9.17) is 4.74 Å². The standard InChI is InChI=1S/C31H38N2O3S/c1-21(2)18-32(31(35)25-8-6-23(5)7-9-25)19-30(34)33-16-14-29-27(15-17-37-29)28(33)20-36-26-12-10-24(11-13-26)22(3)4/h6-13,15,17,21-22,28H,14,16,18-20H2,1-5H3/t28-/m1/s1. The molecule has 1 aliphatic heterocycles. The molecule has 1 atom stereocenters. The summed E-state index contributed by atoms with van der Waals surface area (Å²) in [5.74, 6) is 1.37. The SMILES string of the molecule is Cc1ccc(C(=O)N(CC(=O)N2CCc3sccc3[C@H]2COc2ccc(C(C)C)cc2)CC(C)C)cc1. The summed E-state index contributed by atoms with van der Waals surface area (Å²) >= 11 is 1.74. The van der Waals surface area contributed by atoms with Crippen LogP contribution >= 0.6 is 11.3 Å². The van der Waals surface area contributed by atoms with Crippen molar-refractivity contribution in [3.63, 3.8) is 0 Å². The Balaban J connectivity index is 1.51. The van der Waals surface area contributed by atoms with Crippen LogP contribution < -0.4 is 4.74 Å². The van der Waals surface area contributed by atoms with E-state index < -0.39 is 0 Å². The molecule has 1 aliphatic rings. The van der Waals surface area contributed by atoms with Gasteiger partial charge in [0.1, 0.15) is 18.9 Å². The molecule has 2 aromatic carbocycles. The van der Waals surface area contributed by atoms with Crippen LogP contribution in [0.1, 0.15) is 71.6 Å². The largest absolute Gasteiger partial charge is 0.491 e. The van der Waals surface area contributed by atoms with Gasteiger partial charge in [0.05, 0.1) is 6.04 Å². The molecule has 0 aliphatic carbocycles. The average molecular weight is 519 g/mol. The van der Waals surface area contributed by atoms with E-state index in [1.165, 1.54) is 10.4 Å². The van der Waals surface area contributed by atoms with Gasteiger partial charge in [-0.3, -0.25) is 9.59 Å². The molecule has 4 rings (SSSR count). The molecule has 0 N–H and O–H groups in total. The van der Waals surface area contributed by atoms with Crippen LogP contribution in [0.4, 0.5) is 0 Å². The van der Waals surface area contributed by atoms with Gasteiger partial charge in [0.25, 0.3) is 5.91 Å². The van der Waals surface area contributed by atoms with Gasteiger partial charge in [0.2, 0.25) is 5.91 Å². The number of fused-ring (bicyclic) bond motifs is 1. The normalized spacial score (nSPS) is 15.1. The number of carbonyl (C=O) groups excluding carboxylic acids is 2. The molecule has 0 unspecified atom stereocenters. The van der Waals surface area contributed by atoms with Crippen molar-refractivity contribution in [1.29, 1.82) is 0 Å². The van der Waals surface area contributed by atoms with Crippen molar-refractivity contribution in [3.05, 3.63) is 87.1 Å². The highest BCUT2D eigenvalue weighted by Crippen LogP contribution is 2.34. The van der Waals surface area contributed by atoms with Crippen molar-refractivity contribution < 1.29 is 14.3 Å². The Morgan fingerprint density at radius 1 is 1.03 bits per heavy atom. The van der Waals surface area contributed by atoms with Gasteiger partial charge in [-0.1, -0.05) is 57.5 Å². The highest BCUT2D eigenvalue weighted by molar-refractivity contribution is 7.10. The molecule has 0 fully saturated rings. The van der Waals surface area contributed by atoms with Gasteiger partial charge in [0.15, 0.2) is 0 Å². The smallest absolute Gasteiger partial charge is 0.254 e. The minimum absolute atomic E-state index is 0.0401. The fourth-order valence-electron chi connectivity index (χ4n) is 4.79. The molecule has 5 nitrogen and oxygen atoms in total. The fourth-order valence-corrected chi connectivity index (χ4v) is 5.72. The molecule has 3 aromatic rings. The zero-order valence-electron chi connectivity index (χ0n) is 22.6. The maximum atomic E-state index is 13.7. The van der Waals surface area contributed by atoms with E-state index in [1.807, 2.05) is 48.2 Å². The zero-order chi connectivity index (χ0) is 26.5. The number of thiophene rings is 1. The average Bonchev–Trinajstić information content (AvgIpc) is 3.36. The Kier molecular flexibility index (Phi) is 8.70. The second-order valence-electron chi connectivity index (χ2n) is 10.6. The lowest BCUT2D eigenvalue weighted by molar-refractivity contribution is -0.135. The zero-order valence-corrected chi connectivity index (χ0v) is 23.4. The van der Waals surface area contributed by atoms with Gasteiger partial charge < -0.3 is 14.5 Å². The fraction of sp³-hybridized carbons (Fsp3) is 0.419. The topological polar surface area (TPSA) is 49.9 Å². The molecular weight excluding hydrogens is 480 g/mol. The maximum absolute atomic E-state index is 13.7. The van der Waals surface area contributed by atoms with Crippen LogP contribution in [0.5, 0.6) is 5.75 Å². The molecule has 0 saturated heterocycles. The summed E-state index contributed by atoms with van der Waals surface area (Å²) < 4.78 is 6.21. The third-order valence-electron chi connectivity index (χ3n) is 6.87. The van der Waals surface area contributed by atoms with Crippen molar-refractivity contribution in [3.8, 4) is 5.75 Å². The highest BCUT2D eigenvalue weighted by Gasteiger charge is 2.33. The Labute approximate surface area is 225 Å². The minimum atomic E-state index is -0.178. The molecule has 37 heavy (non-hydrogen) atoms. The summed E-state index contributed by atoms with van der Waals surface area (Å²) in [5.41, 5.74) is 4.14. The number of benzene rings is 2. The Bertz CT molecular complexity index is 1200. The van der Waals surface area contributed by atoms with Crippen LogP contribution in [-0.4, -0.2) is 47.9 Å². The number of ether oxygens (including phenoxy) is 1. The summed E-state index contributed by atoms with van der Waals surface area (Å²) in [5, 5.41) is 2.09. The number of rotatable bonds is 9. The lowest BCUT2D eigenvalue weighted by Crippen LogP contribution is -2.48. The van der Waals surface area contributed by atoms with Crippen LogP contribution in [0, 0.1) is 12.8 Å². The third-order valence-corrected chi connectivity index (χ3v) is 7.86. The molecule has 0 saturated carbocycles. The van der Waals surface area contributed by atoms with E-state index in [9.17, 15) is 9.59 Å². The quantitative estimate of drug-likeness (QED) is 0.326. The van der Waals surface area contributed by atoms with Crippen LogP contribution in [0.3, 0.4) is 0 Å². The van der Waals surface area contributed by atoms with Crippen molar-refractivity contribution in [2.45, 2.75) is 53.0 Å². The number of aryl methyl sites for hydroxylation is 1. The summed E-state index contributed by atoms with van der Waals surface area (Å²) in [4.78, 5) is 32.0. The second-order valence-corrected chi connectivity index (χ2v) is 11.6. The first-order valence-corrected chi connectivity index (χ1v) is 14.0. The predicted octanol–water partition coefficient (Wildman–Crippen LogP) is 6.48. The Morgan fingerprint density at radius 2 is 1.73 bits per heavy atom. The highest BCUT2D eigenvalue weighted by atomic mass is 32.1. The van der Waals surface area contributed by atoms with Crippen molar-refractivity contribution in [2.24, 2.45) is 5.92 Å². The molecule has 0 bridgehead atoms. The lowest BCUT2D eigenvalue weighted by Gasteiger charge is -2.37. The van der Waals surface area contributed by atoms with Crippen molar-refractivity contribution in [1.82, 2.24) is 9.80 Å². The molecule has 196 valence electrons. The van der Waals surface area contributed by atoms with E-state index in [0.717, 1.165) is 23.3 Å². The van der Waals surface area contributed by atoms with Crippen LogP contribution in [0.15, 0.2) is 60.0 Å². The van der Waals surface area contributed by atoms with Gasteiger partial charge in [0, 0.05) is 23.5 Å². The van der Waals surface area contributed by atoms with Crippen molar-refractivity contribution in [2.75, 3.05) is 26.2 Å². The molecule has 0 radical (unpaired) electrons. The Hall–Kier alpha value is -3.12.